The third-order valence-corrected chi connectivity index (χ3v) is 3.23. The Labute approximate surface area is 95.0 Å². The molecule has 2 fully saturated rings. The van der Waals surface area contributed by atoms with E-state index in [4.69, 9.17) is 4.74 Å². The van der Waals surface area contributed by atoms with Gasteiger partial charge in [-0.2, -0.15) is 5.26 Å². The molecule has 0 aromatic heterocycles. The Morgan fingerprint density at radius 2 is 2.12 bits per heavy atom. The van der Waals surface area contributed by atoms with Gasteiger partial charge in [-0.05, 0) is 30.4 Å². The lowest BCUT2D eigenvalue weighted by Gasteiger charge is -2.28. The Balaban J connectivity index is 1.90. The summed E-state index contributed by atoms with van der Waals surface area (Å²) >= 11 is 0. The maximum Gasteiger partial charge on any atom is 0.137 e. The van der Waals surface area contributed by atoms with Crippen molar-refractivity contribution in [1.82, 2.24) is 5.32 Å². The molecule has 2 aliphatic rings. The second-order valence-corrected chi connectivity index (χ2v) is 4.50. The molecule has 0 amide bonds. The number of benzene rings is 1. The fourth-order valence-corrected chi connectivity index (χ4v) is 2.03. The summed E-state index contributed by atoms with van der Waals surface area (Å²) in [7, 11) is 0. The number of ether oxygens (including phenoxy) is 1. The molecule has 3 nitrogen and oxygen atoms in total. The molecule has 1 aromatic carbocycles. The first-order valence-corrected chi connectivity index (χ1v) is 5.79. The van der Waals surface area contributed by atoms with Gasteiger partial charge < -0.3 is 10.1 Å². The van der Waals surface area contributed by atoms with Crippen molar-refractivity contribution in [3.63, 3.8) is 0 Å². The summed E-state index contributed by atoms with van der Waals surface area (Å²) in [5, 5.41) is 12.4. The van der Waals surface area contributed by atoms with Gasteiger partial charge in [0.25, 0.3) is 0 Å². The molecule has 0 spiro atoms. The maximum atomic E-state index is 9.23. The number of nitrogens with one attached hydrogen (secondary N) is 1. The van der Waals surface area contributed by atoms with Gasteiger partial charge in [0.05, 0.1) is 5.56 Å². The quantitative estimate of drug-likeness (QED) is 0.834. The second kappa shape index (κ2) is 3.80. The molecule has 1 aromatic rings. The van der Waals surface area contributed by atoms with Gasteiger partial charge in [0.1, 0.15) is 17.9 Å². The van der Waals surface area contributed by atoms with Gasteiger partial charge >= 0.3 is 0 Å². The van der Waals surface area contributed by atoms with Crippen LogP contribution in [0.1, 0.15) is 29.9 Å². The highest BCUT2D eigenvalue weighted by Gasteiger charge is 2.28. The molecule has 0 radical (unpaired) electrons. The first-order chi connectivity index (χ1) is 7.88. The van der Waals surface area contributed by atoms with Gasteiger partial charge in [-0.3, -0.25) is 0 Å². The zero-order valence-corrected chi connectivity index (χ0v) is 9.07. The van der Waals surface area contributed by atoms with Crippen LogP contribution in [0.2, 0.25) is 0 Å². The zero-order valence-electron chi connectivity index (χ0n) is 9.07. The third kappa shape index (κ3) is 1.66. The molecular weight excluding hydrogens is 200 g/mol. The Morgan fingerprint density at radius 1 is 1.31 bits per heavy atom. The maximum absolute atomic E-state index is 9.23. The zero-order chi connectivity index (χ0) is 11.0. The second-order valence-electron chi connectivity index (χ2n) is 4.50. The largest absolute Gasteiger partial charge is 0.486 e. The highest BCUT2D eigenvalue weighted by molar-refractivity contribution is 5.51. The minimum absolute atomic E-state index is 0.238. The number of hydrogen-bond donors (Lipinski definition) is 1. The molecular formula is C13H14N2O. The summed E-state index contributed by atoms with van der Waals surface area (Å²) in [6.45, 7) is 1.77. The Kier molecular flexibility index (Phi) is 2.30. The fraction of sp³-hybridized carbons (Fsp3) is 0.462. The van der Waals surface area contributed by atoms with E-state index >= 15 is 0 Å². The van der Waals surface area contributed by atoms with Crippen molar-refractivity contribution in [3.05, 3.63) is 29.3 Å². The van der Waals surface area contributed by atoms with E-state index in [0.29, 0.717) is 5.92 Å². The minimum Gasteiger partial charge on any atom is -0.486 e. The molecule has 1 heterocycles. The number of nitrogens with zero attached hydrogens (tertiary/aromatic N) is 1. The van der Waals surface area contributed by atoms with E-state index in [9.17, 15) is 5.26 Å². The molecule has 0 unspecified atom stereocenters. The molecule has 0 bridgehead atoms. The van der Waals surface area contributed by atoms with E-state index in [1.54, 1.807) is 0 Å². The van der Waals surface area contributed by atoms with Crippen molar-refractivity contribution in [3.8, 4) is 11.8 Å². The monoisotopic (exact) mass is 214 g/mol. The minimum atomic E-state index is 0.238. The summed E-state index contributed by atoms with van der Waals surface area (Å²) in [6.07, 6.45) is 2.66. The molecule has 1 saturated heterocycles. The van der Waals surface area contributed by atoms with Gasteiger partial charge in [-0.25, -0.2) is 0 Å². The molecule has 82 valence electrons. The average Bonchev–Trinajstić information content (AvgIpc) is 3.06. The first kappa shape index (κ1) is 9.68. The SMILES string of the molecule is N#Cc1c(OC2CNC2)cccc1C1CC1. The average molecular weight is 214 g/mol. The summed E-state index contributed by atoms with van der Waals surface area (Å²) in [5.41, 5.74) is 1.92. The van der Waals surface area contributed by atoms with Crippen molar-refractivity contribution in [1.29, 1.82) is 5.26 Å². The summed E-state index contributed by atoms with van der Waals surface area (Å²) in [4.78, 5) is 0. The lowest BCUT2D eigenvalue weighted by molar-refractivity contribution is 0.141. The van der Waals surface area contributed by atoms with E-state index in [1.807, 2.05) is 12.1 Å². The van der Waals surface area contributed by atoms with Gasteiger partial charge in [-0.15, -0.1) is 0 Å². The first-order valence-electron chi connectivity index (χ1n) is 5.79. The predicted octanol–water partition coefficient (Wildman–Crippen LogP) is 1.79. The molecule has 1 aliphatic carbocycles. The molecule has 3 rings (SSSR count). The van der Waals surface area contributed by atoms with Crippen LogP contribution in [0.4, 0.5) is 0 Å². The molecule has 3 heteroatoms. The van der Waals surface area contributed by atoms with Crippen LogP contribution in [0.15, 0.2) is 18.2 Å². The lowest BCUT2D eigenvalue weighted by Crippen LogP contribution is -2.50. The Hall–Kier alpha value is -1.53. The number of hydrogen-bond acceptors (Lipinski definition) is 3. The van der Waals surface area contributed by atoms with Crippen LogP contribution < -0.4 is 10.1 Å². The molecule has 0 atom stereocenters. The topological polar surface area (TPSA) is 45.0 Å². The normalized spacial score (nSPS) is 19.9. The smallest absolute Gasteiger partial charge is 0.137 e. The number of nitriles is 1. The Bertz CT molecular complexity index is 442. The van der Waals surface area contributed by atoms with E-state index in [0.717, 1.165) is 24.4 Å². The van der Waals surface area contributed by atoms with Crippen molar-refractivity contribution in [2.45, 2.75) is 24.9 Å². The van der Waals surface area contributed by atoms with Crippen LogP contribution in [-0.4, -0.2) is 19.2 Å². The lowest BCUT2D eigenvalue weighted by atomic mass is 10.0. The predicted molar refractivity (Wildman–Crippen MR) is 60.4 cm³/mol. The molecule has 1 aliphatic heterocycles. The summed E-state index contributed by atoms with van der Waals surface area (Å²) in [5.74, 6) is 1.36. The third-order valence-electron chi connectivity index (χ3n) is 3.23. The Morgan fingerprint density at radius 3 is 2.69 bits per heavy atom. The van der Waals surface area contributed by atoms with Gasteiger partial charge in [-0.1, -0.05) is 12.1 Å². The number of rotatable bonds is 3. The van der Waals surface area contributed by atoms with Gasteiger partial charge in [0, 0.05) is 13.1 Å². The highest BCUT2D eigenvalue weighted by Crippen LogP contribution is 2.43. The van der Waals surface area contributed by atoms with Gasteiger partial charge in [0.2, 0.25) is 0 Å². The van der Waals surface area contributed by atoms with E-state index < -0.39 is 0 Å². The van der Waals surface area contributed by atoms with Crippen LogP contribution in [-0.2, 0) is 0 Å². The van der Waals surface area contributed by atoms with Crippen molar-refractivity contribution < 1.29 is 4.74 Å². The highest BCUT2D eigenvalue weighted by atomic mass is 16.5. The molecule has 1 saturated carbocycles. The summed E-state index contributed by atoms with van der Waals surface area (Å²) in [6, 6.07) is 8.25. The van der Waals surface area contributed by atoms with Crippen LogP contribution in [0.3, 0.4) is 0 Å². The summed E-state index contributed by atoms with van der Waals surface area (Å²) < 4.78 is 5.81. The van der Waals surface area contributed by atoms with Crippen molar-refractivity contribution in [2.75, 3.05) is 13.1 Å². The van der Waals surface area contributed by atoms with E-state index in [2.05, 4.69) is 17.5 Å². The van der Waals surface area contributed by atoms with Crippen LogP contribution >= 0.6 is 0 Å². The standard InChI is InChI=1S/C13H14N2O/c14-6-12-11(9-4-5-9)2-1-3-13(12)16-10-7-15-8-10/h1-3,9-10,15H,4-5,7-8H2. The molecule has 16 heavy (non-hydrogen) atoms. The van der Waals surface area contributed by atoms with Crippen LogP contribution in [0, 0.1) is 11.3 Å². The molecule has 1 N–H and O–H groups in total. The van der Waals surface area contributed by atoms with Gasteiger partial charge in [0.15, 0.2) is 0 Å². The van der Waals surface area contributed by atoms with Crippen LogP contribution in [0.5, 0.6) is 5.75 Å². The fourth-order valence-electron chi connectivity index (χ4n) is 2.03. The van der Waals surface area contributed by atoms with Crippen LogP contribution in [0.25, 0.3) is 0 Å². The van der Waals surface area contributed by atoms with E-state index in [-0.39, 0.29) is 6.10 Å². The van der Waals surface area contributed by atoms with Crippen molar-refractivity contribution in [2.24, 2.45) is 0 Å². The van der Waals surface area contributed by atoms with E-state index in [1.165, 1.54) is 18.4 Å². The van der Waals surface area contributed by atoms with Crippen molar-refractivity contribution >= 4 is 0 Å².